The molecule has 104 valence electrons. The van der Waals surface area contributed by atoms with Gasteiger partial charge in [-0.1, -0.05) is 6.07 Å². The molecule has 3 heteroatoms. The van der Waals surface area contributed by atoms with Crippen molar-refractivity contribution in [1.82, 2.24) is 4.90 Å². The highest BCUT2D eigenvalue weighted by atomic mass is 16.2. The van der Waals surface area contributed by atoms with Gasteiger partial charge < -0.3 is 10.6 Å². The number of amides is 1. The van der Waals surface area contributed by atoms with Crippen molar-refractivity contribution in [3.63, 3.8) is 0 Å². The van der Waals surface area contributed by atoms with Crippen molar-refractivity contribution < 1.29 is 4.79 Å². The molecule has 0 radical (unpaired) electrons. The first-order valence-corrected chi connectivity index (χ1v) is 7.26. The highest BCUT2D eigenvalue weighted by Crippen LogP contribution is 2.23. The number of carbonyl (C=O) groups is 1. The minimum Gasteiger partial charge on any atom is -0.336 e. The van der Waals surface area contributed by atoms with Crippen LogP contribution in [-0.4, -0.2) is 29.9 Å². The normalized spacial score (nSPS) is 13.7. The quantitative estimate of drug-likeness (QED) is 0.883. The van der Waals surface area contributed by atoms with Crippen LogP contribution in [0.1, 0.15) is 48.2 Å². The van der Waals surface area contributed by atoms with Crippen LogP contribution in [0.3, 0.4) is 0 Å². The monoisotopic (exact) mass is 260 g/mol. The lowest BCUT2D eigenvalue weighted by Gasteiger charge is -2.27. The molecule has 1 amide bonds. The summed E-state index contributed by atoms with van der Waals surface area (Å²) in [4.78, 5) is 14.5. The number of hydrogen-bond acceptors (Lipinski definition) is 2. The third-order valence-corrected chi connectivity index (χ3v) is 3.83. The second kappa shape index (κ2) is 6.20. The Morgan fingerprint density at radius 1 is 1.32 bits per heavy atom. The Morgan fingerprint density at radius 2 is 2.05 bits per heavy atom. The predicted molar refractivity (Wildman–Crippen MR) is 78.3 cm³/mol. The summed E-state index contributed by atoms with van der Waals surface area (Å²) in [5, 5.41) is 0. The second-order valence-corrected chi connectivity index (χ2v) is 5.57. The molecule has 0 atom stereocenters. The van der Waals surface area contributed by atoms with Crippen molar-refractivity contribution in [1.29, 1.82) is 0 Å². The number of nitrogens with two attached hydrogens (primary N) is 1. The van der Waals surface area contributed by atoms with Gasteiger partial charge in [-0.15, -0.1) is 0 Å². The van der Waals surface area contributed by atoms with Crippen LogP contribution in [0, 0.1) is 0 Å². The number of nitrogens with zero attached hydrogens (tertiary/aromatic N) is 1. The van der Waals surface area contributed by atoms with E-state index in [4.69, 9.17) is 5.73 Å². The highest BCUT2D eigenvalue weighted by Gasteiger charge is 2.20. The Bertz CT molecular complexity index is 454. The summed E-state index contributed by atoms with van der Waals surface area (Å²) in [5.41, 5.74) is 9.14. The Kier molecular flexibility index (Phi) is 4.59. The predicted octanol–water partition coefficient (Wildman–Crippen LogP) is 2.37. The molecule has 3 nitrogen and oxygen atoms in total. The summed E-state index contributed by atoms with van der Waals surface area (Å²) in [5.74, 6) is 0.137. The van der Waals surface area contributed by atoms with Gasteiger partial charge in [0.15, 0.2) is 0 Å². The van der Waals surface area contributed by atoms with Gasteiger partial charge in [0, 0.05) is 18.2 Å². The zero-order chi connectivity index (χ0) is 13.8. The van der Waals surface area contributed by atoms with E-state index in [9.17, 15) is 4.79 Å². The lowest BCUT2D eigenvalue weighted by Crippen LogP contribution is -2.38. The van der Waals surface area contributed by atoms with E-state index in [1.54, 1.807) is 0 Å². The summed E-state index contributed by atoms with van der Waals surface area (Å²) < 4.78 is 0. The van der Waals surface area contributed by atoms with E-state index in [0.717, 1.165) is 31.4 Å². The first kappa shape index (κ1) is 14.1. The number of benzene rings is 1. The molecule has 1 aliphatic carbocycles. The second-order valence-electron chi connectivity index (χ2n) is 5.57. The third kappa shape index (κ3) is 3.16. The average Bonchev–Trinajstić information content (AvgIpc) is 2.85. The van der Waals surface area contributed by atoms with E-state index in [2.05, 4.69) is 26.0 Å². The third-order valence-electron chi connectivity index (χ3n) is 3.83. The van der Waals surface area contributed by atoms with Gasteiger partial charge in [-0.05, 0) is 69.3 Å². The molecule has 0 heterocycles. The van der Waals surface area contributed by atoms with E-state index in [-0.39, 0.29) is 11.9 Å². The molecular formula is C16H24N2O. The topological polar surface area (TPSA) is 46.3 Å². The Morgan fingerprint density at radius 3 is 2.74 bits per heavy atom. The molecule has 0 fully saturated rings. The molecule has 0 saturated heterocycles. The van der Waals surface area contributed by atoms with E-state index < -0.39 is 0 Å². The van der Waals surface area contributed by atoms with Gasteiger partial charge in [0.05, 0.1) is 0 Å². The molecule has 19 heavy (non-hydrogen) atoms. The molecule has 0 unspecified atom stereocenters. The maximum atomic E-state index is 12.6. The van der Waals surface area contributed by atoms with Crippen LogP contribution in [-0.2, 0) is 12.8 Å². The molecule has 1 aliphatic rings. The summed E-state index contributed by atoms with van der Waals surface area (Å²) in [6.07, 6.45) is 4.34. The molecule has 0 bridgehead atoms. The largest absolute Gasteiger partial charge is 0.336 e. The lowest BCUT2D eigenvalue weighted by molar-refractivity contribution is 0.0704. The number of hydrogen-bond donors (Lipinski definition) is 1. The molecule has 1 aromatic rings. The molecular weight excluding hydrogens is 236 g/mol. The lowest BCUT2D eigenvalue weighted by atomic mass is 10.0. The highest BCUT2D eigenvalue weighted by molar-refractivity contribution is 5.94. The SMILES string of the molecule is CC(C)N(CCCN)C(=O)c1ccc2c(c1)CCC2. The molecule has 2 N–H and O–H groups in total. The van der Waals surface area contributed by atoms with Crippen molar-refractivity contribution >= 4 is 5.91 Å². The molecule has 1 aromatic carbocycles. The van der Waals surface area contributed by atoms with Crippen molar-refractivity contribution in [2.45, 2.75) is 45.6 Å². The fourth-order valence-corrected chi connectivity index (χ4v) is 2.73. The van der Waals surface area contributed by atoms with Gasteiger partial charge in [0.1, 0.15) is 0 Å². The van der Waals surface area contributed by atoms with Crippen LogP contribution in [0.2, 0.25) is 0 Å². The first-order valence-electron chi connectivity index (χ1n) is 7.26. The average molecular weight is 260 g/mol. The van der Waals surface area contributed by atoms with Gasteiger partial charge in [0.2, 0.25) is 0 Å². The van der Waals surface area contributed by atoms with Gasteiger partial charge in [0.25, 0.3) is 5.91 Å². The van der Waals surface area contributed by atoms with Crippen LogP contribution in [0.5, 0.6) is 0 Å². The minimum atomic E-state index is 0.137. The van der Waals surface area contributed by atoms with Gasteiger partial charge in [-0.3, -0.25) is 4.79 Å². The zero-order valence-electron chi connectivity index (χ0n) is 12.0. The van der Waals surface area contributed by atoms with E-state index >= 15 is 0 Å². The van der Waals surface area contributed by atoms with Crippen LogP contribution in [0.25, 0.3) is 0 Å². The minimum absolute atomic E-state index is 0.137. The fraction of sp³-hybridized carbons (Fsp3) is 0.562. The molecule has 0 aromatic heterocycles. The van der Waals surface area contributed by atoms with Gasteiger partial charge in [-0.2, -0.15) is 0 Å². The first-order chi connectivity index (χ1) is 9.13. The summed E-state index contributed by atoms with van der Waals surface area (Å²) in [7, 11) is 0. The molecule has 2 rings (SSSR count). The standard InChI is InChI=1S/C16H24N2O/c1-12(2)18(10-4-9-17)16(19)15-8-7-13-5-3-6-14(13)11-15/h7-8,11-12H,3-6,9-10,17H2,1-2H3. The van der Waals surface area contributed by atoms with Gasteiger partial charge in [-0.25, -0.2) is 0 Å². The van der Waals surface area contributed by atoms with E-state index in [1.165, 1.54) is 17.5 Å². The van der Waals surface area contributed by atoms with E-state index in [0.29, 0.717) is 6.54 Å². The summed E-state index contributed by atoms with van der Waals surface area (Å²) in [6.45, 7) is 5.48. The number of fused-ring (bicyclic) bond motifs is 1. The van der Waals surface area contributed by atoms with Gasteiger partial charge >= 0.3 is 0 Å². The Hall–Kier alpha value is -1.35. The van der Waals surface area contributed by atoms with Crippen molar-refractivity contribution in [3.8, 4) is 0 Å². The number of rotatable bonds is 5. The molecule has 0 saturated carbocycles. The Labute approximate surface area is 115 Å². The van der Waals surface area contributed by atoms with Crippen molar-refractivity contribution in [2.24, 2.45) is 5.73 Å². The smallest absolute Gasteiger partial charge is 0.254 e. The summed E-state index contributed by atoms with van der Waals surface area (Å²) >= 11 is 0. The molecule has 0 aliphatic heterocycles. The maximum Gasteiger partial charge on any atom is 0.254 e. The van der Waals surface area contributed by atoms with E-state index in [1.807, 2.05) is 11.0 Å². The molecule has 0 spiro atoms. The van der Waals surface area contributed by atoms with Crippen LogP contribution < -0.4 is 5.73 Å². The summed E-state index contributed by atoms with van der Waals surface area (Å²) in [6, 6.07) is 6.40. The number of aryl methyl sites for hydroxylation is 2. The fourth-order valence-electron chi connectivity index (χ4n) is 2.73. The number of carbonyl (C=O) groups excluding carboxylic acids is 1. The van der Waals surface area contributed by atoms with Crippen molar-refractivity contribution in [2.75, 3.05) is 13.1 Å². The van der Waals surface area contributed by atoms with Crippen molar-refractivity contribution in [3.05, 3.63) is 34.9 Å². The van der Waals surface area contributed by atoms with Crippen LogP contribution in [0.4, 0.5) is 0 Å². The maximum absolute atomic E-state index is 12.6. The zero-order valence-corrected chi connectivity index (χ0v) is 12.0. The Balaban J connectivity index is 2.16. The van der Waals surface area contributed by atoms with Crippen LogP contribution >= 0.6 is 0 Å². The van der Waals surface area contributed by atoms with Crippen LogP contribution in [0.15, 0.2) is 18.2 Å².